The van der Waals surface area contributed by atoms with Crippen molar-refractivity contribution in [3.8, 4) is 0 Å². The van der Waals surface area contributed by atoms with Crippen LogP contribution in [0.4, 0.5) is 5.69 Å². The first-order chi connectivity index (χ1) is 10.1. The number of halogens is 2. The SMILES string of the molecule is CSC(=N[C@@H](C)c1ccccc1)Nc1cc(Cl)cc(Cl)c1. The molecule has 2 aromatic carbocycles. The maximum absolute atomic E-state index is 6.01. The maximum atomic E-state index is 6.01. The molecule has 0 aromatic heterocycles. The number of amidine groups is 1. The van der Waals surface area contributed by atoms with Crippen molar-refractivity contribution in [1.29, 1.82) is 0 Å². The van der Waals surface area contributed by atoms with Gasteiger partial charge in [0, 0.05) is 15.7 Å². The van der Waals surface area contributed by atoms with Gasteiger partial charge >= 0.3 is 0 Å². The van der Waals surface area contributed by atoms with Crippen LogP contribution in [0.2, 0.25) is 10.0 Å². The Labute approximate surface area is 139 Å². The van der Waals surface area contributed by atoms with Crippen molar-refractivity contribution in [2.45, 2.75) is 13.0 Å². The third kappa shape index (κ3) is 4.95. The van der Waals surface area contributed by atoms with Crippen molar-refractivity contribution < 1.29 is 0 Å². The minimum atomic E-state index is 0.0795. The van der Waals surface area contributed by atoms with E-state index in [0.29, 0.717) is 10.0 Å². The van der Waals surface area contributed by atoms with Crippen LogP contribution < -0.4 is 5.32 Å². The summed E-state index contributed by atoms with van der Waals surface area (Å²) in [5, 5.41) is 5.28. The van der Waals surface area contributed by atoms with Gasteiger partial charge in [0.15, 0.2) is 5.17 Å². The molecule has 0 saturated carbocycles. The number of hydrogen-bond acceptors (Lipinski definition) is 2. The largest absolute Gasteiger partial charge is 0.335 e. The van der Waals surface area contributed by atoms with Crippen LogP contribution in [0.15, 0.2) is 53.5 Å². The molecule has 0 amide bonds. The molecule has 0 unspecified atom stereocenters. The van der Waals surface area contributed by atoms with E-state index in [4.69, 9.17) is 28.2 Å². The standard InChI is InChI=1S/C16H16Cl2N2S/c1-11(12-6-4-3-5-7-12)19-16(21-2)20-15-9-13(17)8-14(18)10-15/h3-11H,1-2H3,(H,19,20)/t11-/m0/s1. The minimum Gasteiger partial charge on any atom is -0.335 e. The van der Waals surface area contributed by atoms with Crippen LogP contribution in [0.1, 0.15) is 18.5 Å². The van der Waals surface area contributed by atoms with Gasteiger partial charge in [0.05, 0.1) is 6.04 Å². The van der Waals surface area contributed by atoms with Gasteiger partial charge in [-0.2, -0.15) is 0 Å². The van der Waals surface area contributed by atoms with Gasteiger partial charge in [-0.1, -0.05) is 65.3 Å². The highest BCUT2D eigenvalue weighted by Crippen LogP contribution is 2.24. The van der Waals surface area contributed by atoms with Gasteiger partial charge in [-0.05, 0) is 36.9 Å². The molecule has 0 radical (unpaired) electrons. The average Bonchev–Trinajstić information content (AvgIpc) is 2.46. The molecule has 21 heavy (non-hydrogen) atoms. The monoisotopic (exact) mass is 338 g/mol. The lowest BCUT2D eigenvalue weighted by molar-refractivity contribution is 0.823. The zero-order chi connectivity index (χ0) is 15.2. The lowest BCUT2D eigenvalue weighted by Gasteiger charge is -2.12. The number of aliphatic imine (C=N–C) groups is 1. The van der Waals surface area contributed by atoms with Gasteiger partial charge in [-0.25, -0.2) is 0 Å². The van der Waals surface area contributed by atoms with Crippen LogP contribution in [0.25, 0.3) is 0 Å². The number of hydrogen-bond donors (Lipinski definition) is 1. The van der Waals surface area contributed by atoms with Crippen LogP contribution >= 0.6 is 35.0 Å². The molecule has 0 saturated heterocycles. The Morgan fingerprint density at radius 2 is 1.71 bits per heavy atom. The van der Waals surface area contributed by atoms with Crippen molar-refractivity contribution in [2.24, 2.45) is 4.99 Å². The zero-order valence-corrected chi connectivity index (χ0v) is 14.1. The Hall–Kier alpha value is -1.16. The predicted octanol–water partition coefficient (Wildman–Crippen LogP) is 5.89. The molecule has 2 rings (SSSR count). The summed E-state index contributed by atoms with van der Waals surface area (Å²) in [6.07, 6.45) is 1.98. The summed E-state index contributed by atoms with van der Waals surface area (Å²) in [4.78, 5) is 4.70. The average molecular weight is 339 g/mol. The third-order valence-electron chi connectivity index (χ3n) is 2.90. The normalized spacial score (nSPS) is 13.0. The van der Waals surface area contributed by atoms with Crippen LogP contribution in [0, 0.1) is 0 Å². The number of thioether (sulfide) groups is 1. The molecule has 1 N–H and O–H groups in total. The quantitative estimate of drug-likeness (QED) is 0.557. The summed E-state index contributed by atoms with van der Waals surface area (Å²) in [5.41, 5.74) is 2.01. The van der Waals surface area contributed by atoms with E-state index in [1.54, 1.807) is 17.8 Å². The summed E-state index contributed by atoms with van der Waals surface area (Å²) < 4.78 is 0. The Balaban J connectivity index is 2.17. The smallest absolute Gasteiger partial charge is 0.161 e. The molecular formula is C16H16Cl2N2S. The highest BCUT2D eigenvalue weighted by molar-refractivity contribution is 8.13. The van der Waals surface area contributed by atoms with E-state index in [2.05, 4.69) is 24.4 Å². The molecular weight excluding hydrogens is 323 g/mol. The second kappa shape index (κ2) is 7.74. The van der Waals surface area contributed by atoms with E-state index in [1.807, 2.05) is 36.6 Å². The van der Waals surface area contributed by atoms with Gasteiger partial charge in [0.25, 0.3) is 0 Å². The fourth-order valence-corrected chi connectivity index (χ4v) is 2.88. The molecule has 0 heterocycles. The number of anilines is 1. The molecule has 2 aromatic rings. The van der Waals surface area contributed by atoms with Crippen molar-refractivity contribution in [2.75, 3.05) is 11.6 Å². The highest BCUT2D eigenvalue weighted by atomic mass is 35.5. The first kappa shape index (κ1) is 16.2. The summed E-state index contributed by atoms with van der Waals surface area (Å²) in [7, 11) is 0. The van der Waals surface area contributed by atoms with E-state index in [-0.39, 0.29) is 6.04 Å². The molecule has 0 spiro atoms. The molecule has 0 fully saturated rings. The van der Waals surface area contributed by atoms with Crippen molar-refractivity contribution in [3.05, 3.63) is 64.1 Å². The lowest BCUT2D eigenvalue weighted by Crippen LogP contribution is -2.09. The summed E-state index contributed by atoms with van der Waals surface area (Å²) in [5.74, 6) is 0. The minimum absolute atomic E-state index is 0.0795. The number of rotatable bonds is 3. The molecule has 5 heteroatoms. The molecule has 0 aliphatic carbocycles. The van der Waals surface area contributed by atoms with E-state index in [9.17, 15) is 0 Å². The molecule has 0 aliphatic heterocycles. The number of nitrogens with zero attached hydrogens (tertiary/aromatic N) is 1. The Bertz CT molecular complexity index is 609. The van der Waals surface area contributed by atoms with Crippen LogP contribution in [0.5, 0.6) is 0 Å². The predicted molar refractivity (Wildman–Crippen MR) is 95.9 cm³/mol. The van der Waals surface area contributed by atoms with Gasteiger partial charge in [0.2, 0.25) is 0 Å². The van der Waals surface area contributed by atoms with E-state index >= 15 is 0 Å². The number of nitrogens with one attached hydrogen (secondary N) is 1. The van der Waals surface area contributed by atoms with Crippen molar-refractivity contribution in [1.82, 2.24) is 0 Å². The van der Waals surface area contributed by atoms with Crippen LogP contribution in [-0.4, -0.2) is 11.4 Å². The first-order valence-corrected chi connectivity index (χ1v) is 8.46. The van der Waals surface area contributed by atoms with E-state index in [1.165, 1.54) is 5.56 Å². The van der Waals surface area contributed by atoms with E-state index < -0.39 is 0 Å². The molecule has 1 atom stereocenters. The fourth-order valence-electron chi connectivity index (χ4n) is 1.87. The molecule has 110 valence electrons. The van der Waals surface area contributed by atoms with Gasteiger partial charge < -0.3 is 5.32 Å². The Kier molecular flexibility index (Phi) is 5.97. The van der Waals surface area contributed by atoms with Gasteiger partial charge in [-0.3, -0.25) is 4.99 Å². The zero-order valence-electron chi connectivity index (χ0n) is 11.8. The van der Waals surface area contributed by atoms with Crippen molar-refractivity contribution >= 4 is 45.8 Å². The third-order valence-corrected chi connectivity index (χ3v) is 3.93. The second-order valence-corrected chi connectivity index (χ2v) is 6.18. The Morgan fingerprint density at radius 3 is 2.29 bits per heavy atom. The summed E-state index contributed by atoms with van der Waals surface area (Å²) in [6, 6.07) is 15.6. The second-order valence-electron chi connectivity index (χ2n) is 4.51. The van der Waals surface area contributed by atoms with E-state index in [0.717, 1.165) is 10.9 Å². The molecule has 2 nitrogen and oxygen atoms in total. The van der Waals surface area contributed by atoms with Gasteiger partial charge in [-0.15, -0.1) is 0 Å². The maximum Gasteiger partial charge on any atom is 0.161 e. The highest BCUT2D eigenvalue weighted by Gasteiger charge is 2.06. The van der Waals surface area contributed by atoms with Crippen LogP contribution in [0.3, 0.4) is 0 Å². The molecule has 0 bridgehead atoms. The topological polar surface area (TPSA) is 24.4 Å². The molecule has 0 aliphatic rings. The first-order valence-electron chi connectivity index (χ1n) is 6.48. The van der Waals surface area contributed by atoms with Gasteiger partial charge in [0.1, 0.15) is 0 Å². The van der Waals surface area contributed by atoms with Crippen LogP contribution in [-0.2, 0) is 0 Å². The fraction of sp³-hybridized carbons (Fsp3) is 0.188. The lowest BCUT2D eigenvalue weighted by atomic mass is 10.1. The summed E-state index contributed by atoms with van der Waals surface area (Å²) in [6.45, 7) is 2.07. The number of benzene rings is 2. The Morgan fingerprint density at radius 1 is 1.10 bits per heavy atom. The van der Waals surface area contributed by atoms with Crippen molar-refractivity contribution in [3.63, 3.8) is 0 Å². The summed E-state index contributed by atoms with van der Waals surface area (Å²) >= 11 is 13.6.